The Morgan fingerprint density at radius 3 is 2.80 bits per heavy atom. The molecule has 0 aliphatic heterocycles. The average Bonchev–Trinajstić information content (AvgIpc) is 2.76. The van der Waals surface area contributed by atoms with Gasteiger partial charge in [-0.15, -0.1) is 0 Å². The molecule has 0 radical (unpaired) electrons. The zero-order chi connectivity index (χ0) is 14.8. The fourth-order valence-corrected chi connectivity index (χ4v) is 3.34. The first kappa shape index (κ1) is 15.4. The third-order valence-corrected chi connectivity index (χ3v) is 4.77. The fraction of sp³-hybridized carbons (Fsp3) is 0.462. The molecule has 0 spiro atoms. The zero-order valence-corrected chi connectivity index (χ0v) is 12.8. The van der Waals surface area contributed by atoms with Crippen LogP contribution in [-0.4, -0.2) is 22.5 Å². The Labute approximate surface area is 123 Å². The van der Waals surface area contributed by atoms with Crippen molar-refractivity contribution in [2.45, 2.75) is 26.1 Å². The van der Waals surface area contributed by atoms with Crippen LogP contribution in [0.5, 0.6) is 0 Å². The summed E-state index contributed by atoms with van der Waals surface area (Å²) in [6.07, 6.45) is -4.32. The molecule has 1 aromatic heterocycles. The van der Waals surface area contributed by atoms with Crippen molar-refractivity contribution >= 4 is 38.4 Å². The van der Waals surface area contributed by atoms with E-state index in [1.54, 1.807) is 0 Å². The van der Waals surface area contributed by atoms with Crippen molar-refractivity contribution < 1.29 is 13.2 Å². The number of thioether (sulfide) groups is 1. The molecule has 20 heavy (non-hydrogen) atoms. The molecule has 0 fully saturated rings. The molecule has 1 atom stereocenters. The summed E-state index contributed by atoms with van der Waals surface area (Å²) in [5.74, 6) is 1.99. The van der Waals surface area contributed by atoms with Gasteiger partial charge in [-0.1, -0.05) is 18.3 Å². The van der Waals surface area contributed by atoms with Gasteiger partial charge in [-0.2, -0.15) is 24.9 Å². The smallest absolute Gasteiger partial charge is 0.358 e. The molecule has 7 heteroatoms. The summed E-state index contributed by atoms with van der Waals surface area (Å²) in [7, 11) is 0. The first-order chi connectivity index (χ1) is 9.40. The van der Waals surface area contributed by atoms with Gasteiger partial charge in [-0.05, 0) is 30.9 Å². The van der Waals surface area contributed by atoms with Gasteiger partial charge >= 0.3 is 6.18 Å². The Balaban J connectivity index is 2.17. The Bertz CT molecular complexity index is 580. The third-order valence-electron chi connectivity index (χ3n) is 2.66. The highest BCUT2D eigenvalue weighted by Crippen LogP contribution is 2.34. The van der Waals surface area contributed by atoms with Crippen LogP contribution in [0.3, 0.4) is 0 Å². The number of nitrogens with zero attached hydrogens (tertiary/aromatic N) is 1. The minimum Gasteiger partial charge on any atom is -0.358 e. The summed E-state index contributed by atoms with van der Waals surface area (Å²) in [5.41, 5.74) is -0.265. The molecule has 0 aliphatic carbocycles. The summed E-state index contributed by atoms with van der Waals surface area (Å²) in [6, 6.07) is 3.91. The lowest BCUT2D eigenvalue weighted by atomic mass is 10.2. The first-order valence-electron chi connectivity index (χ1n) is 6.22. The van der Waals surface area contributed by atoms with Crippen LogP contribution in [0.4, 0.5) is 18.3 Å². The van der Waals surface area contributed by atoms with E-state index in [9.17, 15) is 13.2 Å². The molecule has 0 amide bonds. The van der Waals surface area contributed by atoms with Crippen molar-refractivity contribution in [2.24, 2.45) is 0 Å². The van der Waals surface area contributed by atoms with E-state index in [-0.39, 0.29) is 6.04 Å². The van der Waals surface area contributed by atoms with Crippen molar-refractivity contribution in [1.29, 1.82) is 0 Å². The second-order valence-corrected chi connectivity index (χ2v) is 6.75. The summed E-state index contributed by atoms with van der Waals surface area (Å²) < 4.78 is 38.6. The van der Waals surface area contributed by atoms with Gasteiger partial charge in [0.2, 0.25) is 0 Å². The number of nitrogens with one attached hydrogen (secondary N) is 1. The summed E-state index contributed by atoms with van der Waals surface area (Å²) in [5, 5.41) is 3.90. The Morgan fingerprint density at radius 2 is 2.15 bits per heavy atom. The summed E-state index contributed by atoms with van der Waals surface area (Å²) >= 11 is 3.19. The molecule has 0 saturated heterocycles. The molecule has 2 nitrogen and oxygen atoms in total. The molecule has 2 aromatic rings. The molecular formula is C13H15F3N2S2. The number of rotatable bonds is 5. The number of anilines is 1. The molecule has 0 bridgehead atoms. The van der Waals surface area contributed by atoms with Crippen LogP contribution < -0.4 is 5.32 Å². The van der Waals surface area contributed by atoms with Crippen LogP contribution >= 0.6 is 23.1 Å². The topological polar surface area (TPSA) is 24.9 Å². The number of fused-ring (bicyclic) bond motifs is 1. The summed E-state index contributed by atoms with van der Waals surface area (Å²) in [4.78, 5) is 4.23. The molecule has 1 aromatic carbocycles. The van der Waals surface area contributed by atoms with Crippen LogP contribution in [0, 0.1) is 0 Å². The van der Waals surface area contributed by atoms with E-state index < -0.39 is 11.7 Å². The van der Waals surface area contributed by atoms with E-state index in [4.69, 9.17) is 0 Å². The lowest BCUT2D eigenvalue weighted by Crippen LogP contribution is -2.17. The SMILES string of the molecule is CCSCC(C)Nc1nc2cc(C(F)(F)F)ccc2s1. The van der Waals surface area contributed by atoms with Gasteiger partial charge in [0.15, 0.2) is 5.13 Å². The maximum atomic E-state index is 12.6. The number of alkyl halides is 3. The lowest BCUT2D eigenvalue weighted by molar-refractivity contribution is -0.137. The molecular weight excluding hydrogens is 305 g/mol. The van der Waals surface area contributed by atoms with Crippen LogP contribution in [0.1, 0.15) is 19.4 Å². The standard InChI is InChI=1S/C13H15F3N2S2/c1-3-19-7-8(2)17-12-18-10-6-9(13(14,15)16)4-5-11(10)20-12/h4-6,8H,3,7H2,1-2H3,(H,17,18). The van der Waals surface area contributed by atoms with Crippen molar-refractivity contribution in [3.8, 4) is 0 Å². The van der Waals surface area contributed by atoms with Gasteiger partial charge in [0.05, 0.1) is 15.8 Å². The monoisotopic (exact) mass is 320 g/mol. The molecule has 0 saturated carbocycles. The van der Waals surface area contributed by atoms with E-state index in [1.165, 1.54) is 17.4 Å². The van der Waals surface area contributed by atoms with Crippen molar-refractivity contribution in [3.63, 3.8) is 0 Å². The van der Waals surface area contributed by atoms with E-state index in [1.807, 2.05) is 18.7 Å². The largest absolute Gasteiger partial charge is 0.416 e. The van der Waals surface area contributed by atoms with Gasteiger partial charge in [0.1, 0.15) is 0 Å². The average molecular weight is 320 g/mol. The van der Waals surface area contributed by atoms with Crippen molar-refractivity contribution in [1.82, 2.24) is 4.98 Å². The zero-order valence-electron chi connectivity index (χ0n) is 11.1. The van der Waals surface area contributed by atoms with Crippen LogP contribution in [-0.2, 0) is 6.18 Å². The van der Waals surface area contributed by atoms with Gasteiger partial charge < -0.3 is 5.32 Å². The Hall–Kier alpha value is -0.950. The highest BCUT2D eigenvalue weighted by atomic mass is 32.2. The minimum absolute atomic E-state index is 0.239. The summed E-state index contributed by atoms with van der Waals surface area (Å²) in [6.45, 7) is 4.13. The van der Waals surface area contributed by atoms with E-state index in [0.717, 1.165) is 28.3 Å². The number of hydrogen-bond acceptors (Lipinski definition) is 4. The molecule has 1 unspecified atom stereocenters. The molecule has 110 valence electrons. The molecule has 0 aliphatic rings. The minimum atomic E-state index is -4.32. The lowest BCUT2D eigenvalue weighted by Gasteiger charge is -2.11. The highest BCUT2D eigenvalue weighted by Gasteiger charge is 2.30. The fourth-order valence-electron chi connectivity index (χ4n) is 1.71. The van der Waals surface area contributed by atoms with Crippen molar-refractivity contribution in [3.05, 3.63) is 23.8 Å². The second-order valence-electron chi connectivity index (χ2n) is 4.40. The molecule has 1 N–H and O–H groups in total. The Kier molecular flexibility index (Phi) is 4.80. The number of halogens is 3. The normalized spacial score (nSPS) is 13.7. The highest BCUT2D eigenvalue weighted by molar-refractivity contribution is 7.99. The number of aromatic nitrogens is 1. The van der Waals surface area contributed by atoms with Crippen molar-refractivity contribution in [2.75, 3.05) is 16.8 Å². The predicted molar refractivity (Wildman–Crippen MR) is 80.7 cm³/mol. The maximum Gasteiger partial charge on any atom is 0.416 e. The molecule has 1 heterocycles. The van der Waals surface area contributed by atoms with Crippen LogP contribution in [0.15, 0.2) is 18.2 Å². The third kappa shape index (κ3) is 3.79. The molecule has 2 rings (SSSR count). The second kappa shape index (κ2) is 6.22. The number of hydrogen-bond donors (Lipinski definition) is 1. The first-order valence-corrected chi connectivity index (χ1v) is 8.19. The van der Waals surface area contributed by atoms with E-state index in [0.29, 0.717) is 10.6 Å². The van der Waals surface area contributed by atoms with Gasteiger partial charge in [0, 0.05) is 11.8 Å². The Morgan fingerprint density at radius 1 is 1.40 bits per heavy atom. The van der Waals surface area contributed by atoms with Crippen LogP contribution in [0.25, 0.3) is 10.2 Å². The number of benzene rings is 1. The number of thiazole rings is 1. The predicted octanol–water partition coefficient (Wildman–Crippen LogP) is 4.87. The quantitative estimate of drug-likeness (QED) is 0.851. The van der Waals surface area contributed by atoms with E-state index >= 15 is 0 Å². The van der Waals surface area contributed by atoms with E-state index in [2.05, 4.69) is 17.2 Å². The van der Waals surface area contributed by atoms with Crippen LogP contribution in [0.2, 0.25) is 0 Å². The maximum absolute atomic E-state index is 12.6. The van der Waals surface area contributed by atoms with Gasteiger partial charge in [0.25, 0.3) is 0 Å². The van der Waals surface area contributed by atoms with Gasteiger partial charge in [-0.3, -0.25) is 0 Å². The van der Waals surface area contributed by atoms with Gasteiger partial charge in [-0.25, -0.2) is 4.98 Å².